The molecule has 0 saturated heterocycles. The second kappa shape index (κ2) is 39.8. The lowest BCUT2D eigenvalue weighted by Gasteiger charge is -2.22. The highest BCUT2D eigenvalue weighted by molar-refractivity contribution is 7.17. The summed E-state index contributed by atoms with van der Waals surface area (Å²) in [6.45, 7) is 12.9. The molecule has 8 aromatic carbocycles. The van der Waals surface area contributed by atoms with Crippen molar-refractivity contribution in [1.29, 1.82) is 0 Å². The number of hydrogen-bond acceptors (Lipinski definition) is 24. The van der Waals surface area contributed by atoms with Crippen LogP contribution in [-0.2, 0) is 6.54 Å². The van der Waals surface area contributed by atoms with Gasteiger partial charge in [-0.05, 0) is 206 Å². The SMILES string of the molecule is CCn1cc(-c2cccc3cc([C@H](C)Nc4nccc5scnc45)n(-c4ccccc4)c(=O)c23)cn1.C[C@H](Nc1nccc2scnc12)c1cc2cccc(-c3cccnc3)c2c(=O)n1-c1ccccc1.C[C@H](Nc1nccc2scnc12)c1cc2cccc(-c3cn[nH]c3)c2c(=O)n1-c1ccccc1.Cc1cc(-c2cccc3cc([C@H](C)Nc4nccc5scnc45)n(-c4ccccc4)c(=O)c23)ccn1. The Morgan fingerprint density at radius 3 is 0.965 bits per heavy atom. The monoisotopic (exact) mass is 1920 g/mol. The van der Waals surface area contributed by atoms with E-state index in [9.17, 15) is 19.2 Å². The number of aromatic amines is 1. The van der Waals surface area contributed by atoms with E-state index in [1.54, 1.807) is 119 Å². The molecule has 24 aromatic rings. The summed E-state index contributed by atoms with van der Waals surface area (Å²) in [5.74, 6) is 2.81. The average Bonchev–Trinajstić information content (AvgIpc) is 1.75. The lowest BCUT2D eigenvalue weighted by atomic mass is 9.98. The largest absolute Gasteiger partial charge is 0.360 e. The normalized spacial score (nSPS) is 12.2. The van der Waals surface area contributed by atoms with E-state index in [1.165, 1.54) is 0 Å². The van der Waals surface area contributed by atoms with Gasteiger partial charge in [-0.3, -0.25) is 57.2 Å². The van der Waals surface area contributed by atoms with Crippen molar-refractivity contribution in [3.63, 3.8) is 0 Å². The van der Waals surface area contributed by atoms with E-state index >= 15 is 0 Å². The van der Waals surface area contributed by atoms with Crippen LogP contribution in [0.4, 0.5) is 23.3 Å². The highest BCUT2D eigenvalue weighted by atomic mass is 32.1. The van der Waals surface area contributed by atoms with Gasteiger partial charge in [0.25, 0.3) is 22.2 Å². The fourth-order valence-corrected chi connectivity index (χ4v) is 20.8. The van der Waals surface area contributed by atoms with Crippen LogP contribution in [0.5, 0.6) is 0 Å². The van der Waals surface area contributed by atoms with Crippen LogP contribution >= 0.6 is 45.3 Å². The number of fused-ring (bicyclic) bond motifs is 8. The van der Waals surface area contributed by atoms with Crippen molar-refractivity contribution in [3.8, 4) is 67.3 Å². The van der Waals surface area contributed by atoms with E-state index in [2.05, 4.69) is 111 Å². The number of anilines is 4. The molecule has 0 unspecified atom stereocenters. The maximum absolute atomic E-state index is 14.2. The molecule has 24 rings (SSSR count). The van der Waals surface area contributed by atoms with Crippen LogP contribution in [0.2, 0.25) is 0 Å². The lowest BCUT2D eigenvalue weighted by molar-refractivity contribution is 0.660. The lowest BCUT2D eigenvalue weighted by Crippen LogP contribution is -2.26. The van der Waals surface area contributed by atoms with Crippen molar-refractivity contribution < 1.29 is 0 Å². The van der Waals surface area contributed by atoms with Gasteiger partial charge < -0.3 is 21.3 Å². The third-order valence-corrected chi connectivity index (χ3v) is 28.0. The van der Waals surface area contributed by atoms with Crippen LogP contribution in [0.3, 0.4) is 0 Å². The first-order chi connectivity index (χ1) is 69.1. The summed E-state index contributed by atoms with van der Waals surface area (Å²) < 4.78 is 13.3. The summed E-state index contributed by atoms with van der Waals surface area (Å²) in [4.78, 5) is 101. The van der Waals surface area contributed by atoms with Gasteiger partial charge in [-0.2, -0.15) is 10.2 Å². The smallest absolute Gasteiger partial charge is 0.263 e. The Hall–Kier alpha value is -17.3. The number of aromatic nitrogens is 18. The summed E-state index contributed by atoms with van der Waals surface area (Å²) >= 11 is 6.31. The van der Waals surface area contributed by atoms with Crippen LogP contribution in [0.15, 0.2) is 376 Å². The Morgan fingerprint density at radius 2 is 0.652 bits per heavy atom. The van der Waals surface area contributed by atoms with Crippen molar-refractivity contribution in [3.05, 3.63) is 427 Å². The number of benzene rings is 8. The van der Waals surface area contributed by atoms with Gasteiger partial charge in [-0.25, -0.2) is 39.9 Å². The molecule has 4 atom stereocenters. The number of thiazole rings is 4. The first-order valence-electron chi connectivity index (χ1n) is 45.8. The number of nitrogens with one attached hydrogen (secondary N) is 5. The minimum absolute atomic E-state index is 0.0627. The number of nitrogens with zero attached hydrogens (tertiary/aromatic N) is 17. The number of rotatable bonds is 21. The standard InChI is InChI=1S/C29H23N5OS.C28H24N6OS.C28H21N5OS.C26H20N6OS/c1-18-15-20(11-13-30-18)23-10-6-7-21-16-24(34(29(35)26(21)23)22-8-4-3-5-9-22)19(2)33-28-27-25(12-14-31-28)36-17-32-27;1-3-33-16-20(15-31-33)22-11-7-8-19-14-23(34(28(35)25(19)22)21-9-5-4-6-10-21)18(2)32-27-26-24(12-13-29-27)36-17-30-26;1-18(32-27-26-24(12-14-30-27)35-17-31-26)23-15-19-7-5-11-22(20-8-6-13-29-16-20)25(19)28(34)33(23)21-9-3-2-4-10-21;1-16(31-25-24-22(10-11-27-25)34-15-28-24)21-12-17-6-5-9-20(18-13-29-30-14-18)23(17)26(33)32(21)19-7-3-2-4-8-19/h3-17,19H,1-2H3,(H,31,33);4-18H,3H2,1-2H3,(H,29,32);2-18H,1H3,(H,30,32);2-16H,1H3,(H,27,31)(H,29,30)/t19-;2*18-;16-/m0000/s1. The second-order valence-corrected chi connectivity index (χ2v) is 37.2. The van der Waals surface area contributed by atoms with Gasteiger partial charge in [0.2, 0.25) is 0 Å². The molecule has 0 saturated carbocycles. The molecule has 0 bridgehead atoms. The zero-order chi connectivity index (χ0) is 96.1. The van der Waals surface area contributed by atoms with Crippen molar-refractivity contribution in [2.24, 2.45) is 0 Å². The average molecular weight is 1920 g/mol. The third kappa shape index (κ3) is 18.0. The van der Waals surface area contributed by atoms with Gasteiger partial charge in [-0.1, -0.05) is 152 Å². The quantitative estimate of drug-likeness (QED) is 0.0446. The van der Waals surface area contributed by atoms with Crippen molar-refractivity contribution in [1.82, 2.24) is 88.1 Å². The number of hydrogen-bond donors (Lipinski definition) is 5. The van der Waals surface area contributed by atoms with E-state index in [0.717, 1.165) is 165 Å². The van der Waals surface area contributed by atoms with Crippen LogP contribution in [0, 0.1) is 6.92 Å². The van der Waals surface area contributed by atoms with E-state index in [1.807, 2.05) is 323 Å². The van der Waals surface area contributed by atoms with E-state index in [0.29, 0.717) is 44.8 Å². The molecule has 0 aliphatic carbocycles. The fourth-order valence-electron chi connectivity index (χ4n) is 18.2. The topological polar surface area (TPSA) is 312 Å². The Bertz CT molecular complexity index is 8980. The predicted molar refractivity (Wildman–Crippen MR) is 572 cm³/mol. The van der Waals surface area contributed by atoms with Crippen LogP contribution < -0.4 is 43.5 Å². The summed E-state index contributed by atoms with van der Waals surface area (Å²) in [5.41, 5.74) is 25.0. The molecule has 5 N–H and O–H groups in total. The molecule has 0 fully saturated rings. The molecule has 141 heavy (non-hydrogen) atoms. The molecule has 0 radical (unpaired) electrons. The van der Waals surface area contributed by atoms with E-state index in [-0.39, 0.29) is 46.4 Å². The van der Waals surface area contributed by atoms with Gasteiger partial charge in [0.05, 0.1) is 98.9 Å². The van der Waals surface area contributed by atoms with Gasteiger partial charge in [-0.15, -0.1) is 45.3 Å². The Kier molecular flexibility index (Phi) is 25.4. The second-order valence-electron chi connectivity index (χ2n) is 33.7. The molecule has 16 heterocycles. The van der Waals surface area contributed by atoms with Gasteiger partial charge in [0.15, 0.2) is 23.3 Å². The van der Waals surface area contributed by atoms with Crippen molar-refractivity contribution in [2.45, 2.75) is 72.3 Å². The Labute approximate surface area is 822 Å². The Balaban J connectivity index is 0.000000111. The zero-order valence-corrected chi connectivity index (χ0v) is 80.2. The molecule has 0 amide bonds. The molecular weight excluding hydrogens is 1830 g/mol. The fraction of sp³-hybridized carbons (Fsp3) is 0.0991. The minimum Gasteiger partial charge on any atom is -0.360 e. The highest BCUT2D eigenvalue weighted by Gasteiger charge is 2.27. The summed E-state index contributed by atoms with van der Waals surface area (Å²) in [6.07, 6.45) is 19.8. The maximum atomic E-state index is 14.2. The molecule has 0 aliphatic rings. The predicted octanol–water partition coefficient (Wildman–Crippen LogP) is 24.4. The van der Waals surface area contributed by atoms with Crippen LogP contribution in [-0.4, -0.2) is 88.1 Å². The highest BCUT2D eigenvalue weighted by Crippen LogP contribution is 2.39. The molecular formula is C111H88N22O4S4. The summed E-state index contributed by atoms with van der Waals surface area (Å²) in [6, 6.07) is 86.0. The zero-order valence-electron chi connectivity index (χ0n) is 76.9. The van der Waals surface area contributed by atoms with Crippen molar-refractivity contribution in [2.75, 3.05) is 21.3 Å². The first kappa shape index (κ1) is 90.2. The number of para-hydroxylation sites is 4. The van der Waals surface area contributed by atoms with E-state index in [4.69, 9.17) is 0 Å². The molecule has 0 aliphatic heterocycles. The van der Waals surface area contributed by atoms with Crippen LogP contribution in [0.1, 0.15) is 87.3 Å². The first-order valence-corrected chi connectivity index (χ1v) is 49.3. The third-order valence-electron chi connectivity index (χ3n) is 24.8. The van der Waals surface area contributed by atoms with Gasteiger partial charge in [0.1, 0.15) is 22.1 Å². The number of H-pyrrole nitrogens is 1. The summed E-state index contributed by atoms with van der Waals surface area (Å²) in [5, 5.41) is 31.6. The Morgan fingerprint density at radius 1 is 0.319 bits per heavy atom. The molecule has 0 spiro atoms. The molecule has 26 nitrogen and oxygen atoms in total. The van der Waals surface area contributed by atoms with Gasteiger partial charge in [0, 0.05) is 130 Å². The number of pyridine rings is 10. The molecule has 30 heteroatoms. The summed E-state index contributed by atoms with van der Waals surface area (Å²) in [7, 11) is 0. The van der Waals surface area contributed by atoms with Gasteiger partial charge >= 0.3 is 0 Å². The minimum atomic E-state index is -0.214. The molecule has 690 valence electrons. The molecule has 16 aromatic heterocycles. The maximum Gasteiger partial charge on any atom is 0.263 e. The number of aryl methyl sites for hydroxylation is 2. The van der Waals surface area contributed by atoms with Crippen LogP contribution in [0.25, 0.3) is 151 Å². The van der Waals surface area contributed by atoms with Crippen molar-refractivity contribution >= 4 is 153 Å². The van der Waals surface area contributed by atoms with E-state index < -0.39 is 0 Å².